The van der Waals surface area contributed by atoms with Crippen LogP contribution in [0.2, 0.25) is 0 Å². The van der Waals surface area contributed by atoms with Crippen LogP contribution in [0.3, 0.4) is 0 Å². The maximum atomic E-state index is 13.7. The molecule has 1 aromatic carbocycles. The van der Waals surface area contributed by atoms with Crippen molar-refractivity contribution in [3.63, 3.8) is 0 Å². The van der Waals surface area contributed by atoms with Crippen LogP contribution in [-0.2, 0) is 0 Å². The second kappa shape index (κ2) is 5.36. The summed E-state index contributed by atoms with van der Waals surface area (Å²) in [4.78, 5) is 15.5. The summed E-state index contributed by atoms with van der Waals surface area (Å²) in [6, 6.07) is 6.72. The van der Waals surface area contributed by atoms with Gasteiger partial charge in [-0.15, -0.1) is 0 Å². The van der Waals surface area contributed by atoms with Crippen molar-refractivity contribution in [2.24, 2.45) is 0 Å². The van der Waals surface area contributed by atoms with Crippen molar-refractivity contribution in [3.05, 3.63) is 51.9 Å². The number of aromatic nitrogens is 1. The van der Waals surface area contributed by atoms with E-state index in [2.05, 4.69) is 26.2 Å². The van der Waals surface area contributed by atoms with E-state index in [9.17, 15) is 9.18 Å². The molecule has 0 fully saturated rings. The Balaban J connectivity index is 2.28. The Morgan fingerprint density at radius 1 is 1.42 bits per heavy atom. The first-order valence-electron chi connectivity index (χ1n) is 5.46. The molecule has 0 atom stereocenters. The molecule has 4 nitrogen and oxygen atoms in total. The van der Waals surface area contributed by atoms with Gasteiger partial charge in [-0.3, -0.25) is 4.79 Å². The highest BCUT2D eigenvalue weighted by Crippen LogP contribution is 2.24. The molecule has 0 aliphatic heterocycles. The van der Waals surface area contributed by atoms with Crippen molar-refractivity contribution in [1.29, 1.82) is 0 Å². The Hall–Kier alpha value is -1.95. The van der Waals surface area contributed by atoms with Gasteiger partial charge in [-0.05, 0) is 46.6 Å². The Labute approximate surface area is 118 Å². The fourth-order valence-electron chi connectivity index (χ4n) is 1.55. The average Bonchev–Trinajstić information content (AvgIpc) is 2.36. The number of aryl methyl sites for hydroxylation is 1. The van der Waals surface area contributed by atoms with Crippen LogP contribution < -0.4 is 11.1 Å². The third kappa shape index (κ3) is 2.90. The van der Waals surface area contributed by atoms with Gasteiger partial charge >= 0.3 is 0 Å². The number of benzene rings is 1. The maximum Gasteiger partial charge on any atom is 0.258 e. The van der Waals surface area contributed by atoms with E-state index in [1.165, 1.54) is 12.3 Å². The number of halogens is 2. The van der Waals surface area contributed by atoms with Gasteiger partial charge in [0.15, 0.2) is 11.6 Å². The Morgan fingerprint density at radius 3 is 2.84 bits per heavy atom. The highest BCUT2D eigenvalue weighted by molar-refractivity contribution is 9.10. The van der Waals surface area contributed by atoms with Gasteiger partial charge in [0.2, 0.25) is 0 Å². The van der Waals surface area contributed by atoms with E-state index in [4.69, 9.17) is 5.73 Å². The molecule has 6 heteroatoms. The van der Waals surface area contributed by atoms with Crippen molar-refractivity contribution in [2.45, 2.75) is 6.92 Å². The first-order valence-corrected chi connectivity index (χ1v) is 6.26. The molecule has 1 aromatic heterocycles. The van der Waals surface area contributed by atoms with Crippen LogP contribution in [0.25, 0.3) is 0 Å². The molecule has 0 unspecified atom stereocenters. The number of amides is 1. The predicted octanol–water partition coefficient (Wildman–Crippen LogP) is 3.13. The Bertz CT molecular complexity index is 646. The highest BCUT2D eigenvalue weighted by Gasteiger charge is 2.15. The fraction of sp³-hybridized carbons (Fsp3) is 0.0769. The molecule has 98 valence electrons. The minimum absolute atomic E-state index is 0.139. The molecule has 0 radical (unpaired) electrons. The number of pyridine rings is 1. The Kier molecular flexibility index (Phi) is 3.80. The molecule has 0 saturated heterocycles. The molecule has 2 rings (SSSR count). The van der Waals surface area contributed by atoms with Crippen molar-refractivity contribution < 1.29 is 9.18 Å². The third-order valence-corrected chi connectivity index (χ3v) is 3.19. The SMILES string of the molecule is Cc1ccc(NC(=O)c2ccnc(N)c2F)c(Br)c1. The van der Waals surface area contributed by atoms with Gasteiger partial charge in [-0.2, -0.15) is 0 Å². The number of hydrogen-bond acceptors (Lipinski definition) is 3. The zero-order valence-electron chi connectivity index (χ0n) is 10.1. The number of hydrogen-bond donors (Lipinski definition) is 2. The first-order chi connectivity index (χ1) is 8.99. The van der Waals surface area contributed by atoms with Crippen molar-refractivity contribution in [2.75, 3.05) is 11.1 Å². The lowest BCUT2D eigenvalue weighted by Crippen LogP contribution is -2.15. The average molecular weight is 324 g/mol. The van der Waals surface area contributed by atoms with Crippen LogP contribution in [0.4, 0.5) is 15.9 Å². The van der Waals surface area contributed by atoms with E-state index in [0.717, 1.165) is 10.0 Å². The summed E-state index contributed by atoms with van der Waals surface area (Å²) in [5.74, 6) is -1.69. The minimum Gasteiger partial charge on any atom is -0.381 e. The zero-order chi connectivity index (χ0) is 14.0. The number of anilines is 2. The van der Waals surface area contributed by atoms with Gasteiger partial charge in [-0.25, -0.2) is 9.37 Å². The van der Waals surface area contributed by atoms with Crippen molar-refractivity contribution >= 4 is 33.3 Å². The van der Waals surface area contributed by atoms with E-state index in [1.54, 1.807) is 6.07 Å². The first kappa shape index (κ1) is 13.5. The molecule has 3 N–H and O–H groups in total. The summed E-state index contributed by atoms with van der Waals surface area (Å²) in [7, 11) is 0. The molecule has 19 heavy (non-hydrogen) atoms. The molecule has 0 spiro atoms. The van der Waals surface area contributed by atoms with Gasteiger partial charge in [0.05, 0.1) is 11.3 Å². The number of nitrogens with two attached hydrogens (primary N) is 1. The van der Waals surface area contributed by atoms with Crippen LogP contribution >= 0.6 is 15.9 Å². The molecule has 0 saturated carbocycles. The summed E-state index contributed by atoms with van der Waals surface area (Å²) in [5, 5.41) is 2.61. The van der Waals surface area contributed by atoms with Gasteiger partial charge < -0.3 is 11.1 Å². The van der Waals surface area contributed by atoms with Gasteiger partial charge in [0.1, 0.15) is 0 Å². The largest absolute Gasteiger partial charge is 0.381 e. The summed E-state index contributed by atoms with van der Waals surface area (Å²) in [6.07, 6.45) is 1.29. The van der Waals surface area contributed by atoms with Crippen LogP contribution in [-0.4, -0.2) is 10.9 Å². The number of nitrogen functional groups attached to an aromatic ring is 1. The number of carbonyl (C=O) groups excluding carboxylic acids is 1. The number of nitrogens with one attached hydrogen (secondary N) is 1. The monoisotopic (exact) mass is 323 g/mol. The molecule has 2 aromatic rings. The predicted molar refractivity (Wildman–Crippen MR) is 75.4 cm³/mol. The minimum atomic E-state index is -0.816. The lowest BCUT2D eigenvalue weighted by molar-refractivity contribution is 0.102. The highest BCUT2D eigenvalue weighted by atomic mass is 79.9. The molecule has 0 bridgehead atoms. The maximum absolute atomic E-state index is 13.7. The molecule has 0 aliphatic carbocycles. The molecule has 0 aliphatic rings. The van der Waals surface area contributed by atoms with Crippen molar-refractivity contribution in [1.82, 2.24) is 4.98 Å². The van der Waals surface area contributed by atoms with E-state index in [0.29, 0.717) is 5.69 Å². The zero-order valence-corrected chi connectivity index (χ0v) is 11.7. The number of carbonyl (C=O) groups is 1. The summed E-state index contributed by atoms with van der Waals surface area (Å²) < 4.78 is 14.4. The summed E-state index contributed by atoms with van der Waals surface area (Å²) in [6.45, 7) is 1.93. The summed E-state index contributed by atoms with van der Waals surface area (Å²) >= 11 is 3.34. The van der Waals surface area contributed by atoms with Gasteiger partial charge in [-0.1, -0.05) is 6.07 Å². The molecular formula is C13H11BrFN3O. The standard InChI is InChI=1S/C13H11BrFN3O/c1-7-2-3-10(9(14)6-7)18-13(19)8-4-5-17-12(16)11(8)15/h2-6H,1H3,(H2,16,17)(H,18,19). The van der Waals surface area contributed by atoms with Gasteiger partial charge in [0.25, 0.3) is 5.91 Å². The van der Waals surface area contributed by atoms with Crippen LogP contribution in [0.1, 0.15) is 15.9 Å². The number of nitrogens with zero attached hydrogens (tertiary/aromatic N) is 1. The molecule has 1 amide bonds. The van der Waals surface area contributed by atoms with Crippen molar-refractivity contribution in [3.8, 4) is 0 Å². The Morgan fingerprint density at radius 2 is 2.16 bits per heavy atom. The normalized spacial score (nSPS) is 10.3. The van der Waals surface area contributed by atoms with Gasteiger partial charge in [0, 0.05) is 10.7 Å². The fourth-order valence-corrected chi connectivity index (χ4v) is 2.14. The van der Waals surface area contributed by atoms with E-state index in [1.807, 2.05) is 19.1 Å². The second-order valence-electron chi connectivity index (χ2n) is 4.00. The van der Waals surface area contributed by atoms with Crippen LogP contribution in [0.5, 0.6) is 0 Å². The lowest BCUT2D eigenvalue weighted by atomic mass is 10.2. The van der Waals surface area contributed by atoms with Crippen LogP contribution in [0.15, 0.2) is 34.9 Å². The van der Waals surface area contributed by atoms with E-state index >= 15 is 0 Å². The molecule has 1 heterocycles. The topological polar surface area (TPSA) is 68.0 Å². The van der Waals surface area contributed by atoms with E-state index in [-0.39, 0.29) is 11.4 Å². The second-order valence-corrected chi connectivity index (χ2v) is 4.85. The third-order valence-electron chi connectivity index (χ3n) is 2.53. The quantitative estimate of drug-likeness (QED) is 0.892. The van der Waals surface area contributed by atoms with E-state index < -0.39 is 11.7 Å². The van der Waals surface area contributed by atoms with Crippen LogP contribution in [0, 0.1) is 12.7 Å². The number of rotatable bonds is 2. The smallest absolute Gasteiger partial charge is 0.258 e. The molecular weight excluding hydrogens is 313 g/mol. The summed E-state index contributed by atoms with van der Waals surface area (Å²) in [5.41, 5.74) is 6.79. The lowest BCUT2D eigenvalue weighted by Gasteiger charge is -2.09.